The number of carbonyl (C=O) groups excluding carboxylic acids is 1. The van der Waals surface area contributed by atoms with Gasteiger partial charge in [-0.1, -0.05) is 115 Å². The number of ketones is 1. The Balaban J connectivity index is 0.000000286. The third kappa shape index (κ3) is 6.18. The fourth-order valence-electron chi connectivity index (χ4n) is 7.12. The van der Waals surface area contributed by atoms with Gasteiger partial charge in [-0.25, -0.2) is 0 Å². The normalized spacial score (nSPS) is 15.0. The second-order valence-electron chi connectivity index (χ2n) is 13.3. The Morgan fingerprint density at radius 2 is 1.30 bits per heavy atom. The van der Waals surface area contributed by atoms with Crippen molar-refractivity contribution < 1.29 is 30.0 Å². The van der Waals surface area contributed by atoms with Crippen molar-refractivity contribution in [2.75, 3.05) is 0 Å². The summed E-state index contributed by atoms with van der Waals surface area (Å²) in [4.78, 5) is 16.9. The summed E-state index contributed by atoms with van der Waals surface area (Å²) in [6.45, 7) is 22.1. The first-order chi connectivity index (χ1) is 20.3. The summed E-state index contributed by atoms with van der Waals surface area (Å²) in [5.74, 6) is 0.547. The fourth-order valence-corrected chi connectivity index (χ4v) is 7.12. The molecule has 1 radical (unpaired) electrons. The standard InChI is InChI=1S/C27H26N.C13H24O2.Ir/c1-16-19-12-8-7-11-18(19)15-21-23(16)26(3,4)27(5,6)24-17(2)20-13-9-10-14-22(20)28-25(21)24;1-5-10(6-2)12(14)9-13(15)11(7-3)8-4;/h7-14H,1-6H3;9-11,14H,5-8H2,1-4H3;/q-1;;/b;12-9-;. The van der Waals surface area contributed by atoms with E-state index < -0.39 is 0 Å². The Hall–Kier alpha value is -2.81. The Bertz CT molecular complexity index is 1570. The molecule has 44 heavy (non-hydrogen) atoms. The number of aromatic nitrogens is 1. The molecular weight excluding hydrogens is 719 g/mol. The SMILES string of the molecule is CCC(CC)C(=O)/C=C(\O)C(CC)CC.Cc1c2c([c-]c3ccccc13)-c1nc3ccccc3c(C)c1C(C)(C)C2(C)C.[Ir]. The van der Waals surface area contributed by atoms with E-state index in [1.54, 1.807) is 0 Å². The van der Waals surface area contributed by atoms with Crippen LogP contribution in [0.15, 0.2) is 60.4 Å². The summed E-state index contributed by atoms with van der Waals surface area (Å²) in [7, 11) is 0. The minimum atomic E-state index is -0.0441. The predicted octanol–water partition coefficient (Wildman–Crippen LogP) is 10.9. The van der Waals surface area contributed by atoms with E-state index in [0.717, 1.165) is 36.9 Å². The topological polar surface area (TPSA) is 50.2 Å². The molecule has 1 aromatic heterocycles. The summed E-state index contributed by atoms with van der Waals surface area (Å²) >= 11 is 0. The number of aryl methyl sites for hydroxylation is 2. The summed E-state index contributed by atoms with van der Waals surface area (Å²) in [6, 6.07) is 20.9. The van der Waals surface area contributed by atoms with Crippen LogP contribution in [-0.4, -0.2) is 15.9 Å². The van der Waals surface area contributed by atoms with E-state index in [0.29, 0.717) is 0 Å². The first-order valence-corrected chi connectivity index (χ1v) is 16.1. The number of aliphatic hydroxyl groups excluding tert-OH is 1. The van der Waals surface area contributed by atoms with Crippen LogP contribution in [0.2, 0.25) is 0 Å². The third-order valence-electron chi connectivity index (χ3n) is 10.5. The second kappa shape index (κ2) is 14.1. The molecule has 5 rings (SSSR count). The van der Waals surface area contributed by atoms with Crippen molar-refractivity contribution >= 4 is 27.5 Å². The van der Waals surface area contributed by atoms with Crippen molar-refractivity contribution in [3.63, 3.8) is 0 Å². The van der Waals surface area contributed by atoms with Crippen LogP contribution in [0.5, 0.6) is 0 Å². The zero-order chi connectivity index (χ0) is 31.7. The number of hydrogen-bond donors (Lipinski definition) is 1. The Morgan fingerprint density at radius 1 is 0.795 bits per heavy atom. The molecule has 4 aromatic rings. The molecule has 1 N–H and O–H groups in total. The second-order valence-corrected chi connectivity index (χ2v) is 13.3. The smallest absolute Gasteiger partial charge is 0.162 e. The predicted molar refractivity (Wildman–Crippen MR) is 183 cm³/mol. The summed E-state index contributed by atoms with van der Waals surface area (Å²) in [6.07, 6.45) is 4.91. The molecule has 3 nitrogen and oxygen atoms in total. The molecule has 4 heteroatoms. The van der Waals surface area contributed by atoms with E-state index in [9.17, 15) is 9.90 Å². The molecule has 0 spiro atoms. The number of pyridine rings is 1. The molecule has 0 bridgehead atoms. The average molecular weight is 769 g/mol. The van der Waals surface area contributed by atoms with Gasteiger partial charge in [0.25, 0.3) is 0 Å². The van der Waals surface area contributed by atoms with Gasteiger partial charge in [0, 0.05) is 49.1 Å². The van der Waals surface area contributed by atoms with Gasteiger partial charge in [-0.05, 0) is 60.6 Å². The molecule has 1 aliphatic carbocycles. The van der Waals surface area contributed by atoms with Crippen molar-refractivity contribution in [1.82, 2.24) is 4.98 Å². The Kier molecular flexibility index (Phi) is 11.4. The van der Waals surface area contributed by atoms with Crippen LogP contribution in [0.4, 0.5) is 0 Å². The fraction of sp³-hybridized carbons (Fsp3) is 0.450. The van der Waals surface area contributed by atoms with Crippen LogP contribution in [0.1, 0.15) is 103 Å². The molecular formula is C40H50IrNO2-. The molecule has 0 saturated heterocycles. The van der Waals surface area contributed by atoms with E-state index in [1.807, 2.05) is 27.7 Å². The van der Waals surface area contributed by atoms with Gasteiger partial charge in [0.1, 0.15) is 0 Å². The first kappa shape index (κ1) is 35.7. The zero-order valence-corrected chi connectivity index (χ0v) is 30.7. The van der Waals surface area contributed by atoms with Gasteiger partial charge in [-0.3, -0.25) is 9.78 Å². The van der Waals surface area contributed by atoms with Crippen LogP contribution >= 0.6 is 0 Å². The maximum absolute atomic E-state index is 11.7. The summed E-state index contributed by atoms with van der Waals surface area (Å²) in [5.41, 5.74) is 8.77. The van der Waals surface area contributed by atoms with Gasteiger partial charge in [-0.15, -0.1) is 23.1 Å². The van der Waals surface area contributed by atoms with Crippen molar-refractivity contribution in [1.29, 1.82) is 0 Å². The number of benzene rings is 3. The molecule has 0 atom stereocenters. The molecule has 0 aliphatic heterocycles. The van der Waals surface area contributed by atoms with Crippen molar-refractivity contribution in [2.24, 2.45) is 11.8 Å². The maximum Gasteiger partial charge on any atom is 0.162 e. The van der Waals surface area contributed by atoms with Gasteiger partial charge in [-0.2, -0.15) is 0 Å². The number of nitrogens with zero attached hydrogens (tertiary/aromatic N) is 1. The molecule has 0 unspecified atom stereocenters. The van der Waals surface area contributed by atoms with E-state index in [1.165, 1.54) is 50.1 Å². The zero-order valence-electron chi connectivity index (χ0n) is 28.3. The first-order valence-electron chi connectivity index (χ1n) is 16.1. The molecule has 3 aromatic carbocycles. The maximum atomic E-state index is 11.7. The van der Waals surface area contributed by atoms with Gasteiger partial charge in [0.2, 0.25) is 0 Å². The third-order valence-corrected chi connectivity index (χ3v) is 10.5. The minimum absolute atomic E-state index is 0. The van der Waals surface area contributed by atoms with Gasteiger partial charge in [0.15, 0.2) is 5.78 Å². The number of aliphatic hydroxyl groups is 1. The van der Waals surface area contributed by atoms with Crippen LogP contribution in [0.3, 0.4) is 0 Å². The van der Waals surface area contributed by atoms with E-state index in [2.05, 4.69) is 96.1 Å². The molecule has 1 heterocycles. The largest absolute Gasteiger partial charge is 0.512 e. The Morgan fingerprint density at radius 3 is 1.89 bits per heavy atom. The molecule has 237 valence electrons. The van der Waals surface area contributed by atoms with Gasteiger partial charge in [0.05, 0.1) is 11.3 Å². The van der Waals surface area contributed by atoms with Crippen LogP contribution in [-0.2, 0) is 35.7 Å². The van der Waals surface area contributed by atoms with Crippen LogP contribution in [0, 0.1) is 31.7 Å². The quantitative estimate of drug-likeness (QED) is 0.116. The van der Waals surface area contributed by atoms with Crippen molar-refractivity contribution in [3.05, 3.63) is 88.7 Å². The molecule has 0 saturated carbocycles. The number of rotatable bonds is 7. The number of carbonyl (C=O) groups is 1. The minimum Gasteiger partial charge on any atom is -0.512 e. The number of hydrogen-bond acceptors (Lipinski definition) is 3. The van der Waals surface area contributed by atoms with Crippen LogP contribution < -0.4 is 0 Å². The Labute approximate surface area is 278 Å². The molecule has 0 fully saturated rings. The van der Waals surface area contributed by atoms with Gasteiger partial charge < -0.3 is 5.11 Å². The van der Waals surface area contributed by atoms with Gasteiger partial charge >= 0.3 is 0 Å². The number of allylic oxidation sites excluding steroid dienone is 2. The van der Waals surface area contributed by atoms with Crippen LogP contribution in [0.25, 0.3) is 32.9 Å². The summed E-state index contributed by atoms with van der Waals surface area (Å²) < 4.78 is 0. The van der Waals surface area contributed by atoms with Crippen molar-refractivity contribution in [2.45, 2.75) is 106 Å². The van der Waals surface area contributed by atoms with E-state index in [4.69, 9.17) is 4.98 Å². The summed E-state index contributed by atoms with van der Waals surface area (Å²) in [5, 5.41) is 13.5. The van der Waals surface area contributed by atoms with Crippen molar-refractivity contribution in [3.8, 4) is 11.3 Å². The van der Waals surface area contributed by atoms with E-state index in [-0.39, 0.29) is 54.3 Å². The number of fused-ring (bicyclic) bond motifs is 5. The average Bonchev–Trinajstić information content (AvgIpc) is 2.97. The monoisotopic (exact) mass is 769 g/mol. The number of para-hydroxylation sites is 1. The molecule has 1 aliphatic rings. The molecule has 0 amide bonds. The van der Waals surface area contributed by atoms with E-state index >= 15 is 0 Å².